The second-order valence-corrected chi connectivity index (χ2v) is 3.25. The molecule has 0 aliphatic rings. The van der Waals surface area contributed by atoms with Gasteiger partial charge >= 0.3 is 0 Å². The van der Waals surface area contributed by atoms with E-state index < -0.39 is 0 Å². The number of aliphatic hydroxyl groups is 1. The van der Waals surface area contributed by atoms with E-state index in [2.05, 4.69) is 20.5 Å². The summed E-state index contributed by atoms with van der Waals surface area (Å²) < 4.78 is 0. The first kappa shape index (κ1) is 10.8. The van der Waals surface area contributed by atoms with Crippen LogP contribution < -0.4 is 5.32 Å². The van der Waals surface area contributed by atoms with E-state index in [1.54, 1.807) is 0 Å². The Hall–Kier alpha value is -1.23. The predicted molar refractivity (Wildman–Crippen MR) is 54.1 cm³/mol. The zero-order valence-corrected chi connectivity index (χ0v) is 8.78. The van der Waals surface area contributed by atoms with Gasteiger partial charge in [-0.15, -0.1) is 5.10 Å². The highest BCUT2D eigenvalue weighted by Crippen LogP contribution is 2.02. The summed E-state index contributed by atoms with van der Waals surface area (Å²) >= 11 is 0. The Labute approximate surface area is 83.6 Å². The van der Waals surface area contributed by atoms with Gasteiger partial charge in [0.05, 0.1) is 17.5 Å². The van der Waals surface area contributed by atoms with Gasteiger partial charge in [0.25, 0.3) is 0 Å². The minimum atomic E-state index is -0.361. The van der Waals surface area contributed by atoms with Crippen molar-refractivity contribution in [2.75, 3.05) is 11.9 Å². The molecule has 1 aromatic rings. The Morgan fingerprint density at radius 2 is 2.00 bits per heavy atom. The summed E-state index contributed by atoms with van der Waals surface area (Å²) in [6.07, 6.45) is 0.353. The van der Waals surface area contributed by atoms with Crippen LogP contribution in [0.5, 0.6) is 0 Å². The van der Waals surface area contributed by atoms with Gasteiger partial charge in [-0.2, -0.15) is 5.10 Å². The van der Waals surface area contributed by atoms with Crippen molar-refractivity contribution in [3.63, 3.8) is 0 Å². The van der Waals surface area contributed by atoms with Crippen LogP contribution >= 0.6 is 0 Å². The summed E-state index contributed by atoms with van der Waals surface area (Å²) in [5.74, 6) is 0.473. The first-order valence-electron chi connectivity index (χ1n) is 4.73. The fourth-order valence-electron chi connectivity index (χ4n) is 0.885. The fraction of sp³-hybridized carbons (Fsp3) is 0.667. The van der Waals surface area contributed by atoms with Crippen LogP contribution in [0.2, 0.25) is 0 Å². The van der Waals surface area contributed by atoms with Crippen LogP contribution in [0.3, 0.4) is 0 Å². The van der Waals surface area contributed by atoms with Crippen LogP contribution in [0, 0.1) is 13.8 Å². The molecule has 0 radical (unpaired) electrons. The number of hydrogen-bond acceptors (Lipinski definition) is 5. The van der Waals surface area contributed by atoms with Gasteiger partial charge in [0, 0.05) is 6.54 Å². The lowest BCUT2D eigenvalue weighted by molar-refractivity contribution is 0.183. The summed E-state index contributed by atoms with van der Waals surface area (Å²) in [6.45, 7) is 6.12. The number of aryl methyl sites for hydroxylation is 2. The summed E-state index contributed by atoms with van der Waals surface area (Å²) in [4.78, 5) is 4.18. The molecule has 1 heterocycles. The molecule has 0 spiro atoms. The second kappa shape index (κ2) is 4.85. The molecule has 0 fully saturated rings. The molecule has 0 saturated heterocycles. The third-order valence-electron chi connectivity index (χ3n) is 2.06. The smallest absolute Gasteiger partial charge is 0.243 e. The maximum absolute atomic E-state index is 9.30. The lowest BCUT2D eigenvalue weighted by atomic mass is 10.3. The summed E-state index contributed by atoms with van der Waals surface area (Å²) in [6, 6.07) is 0. The monoisotopic (exact) mass is 196 g/mol. The predicted octanol–water partition coefficient (Wildman–Crippen LogP) is 0.671. The van der Waals surface area contributed by atoms with Crippen molar-refractivity contribution in [1.29, 1.82) is 0 Å². The molecule has 1 atom stereocenters. The minimum absolute atomic E-state index is 0.361. The molecule has 78 valence electrons. The molecule has 1 rings (SSSR count). The minimum Gasteiger partial charge on any atom is -0.391 e. The highest BCUT2D eigenvalue weighted by atomic mass is 16.3. The van der Waals surface area contributed by atoms with Gasteiger partial charge in [-0.1, -0.05) is 6.92 Å². The van der Waals surface area contributed by atoms with Crippen LogP contribution in [-0.2, 0) is 0 Å². The van der Waals surface area contributed by atoms with Crippen LogP contribution in [0.1, 0.15) is 24.7 Å². The Bertz CT molecular complexity index is 303. The molecule has 0 aromatic carbocycles. The fourth-order valence-corrected chi connectivity index (χ4v) is 0.885. The van der Waals surface area contributed by atoms with Gasteiger partial charge < -0.3 is 10.4 Å². The molecule has 0 saturated carbocycles. The van der Waals surface area contributed by atoms with Gasteiger partial charge in [-0.3, -0.25) is 0 Å². The van der Waals surface area contributed by atoms with Crippen molar-refractivity contribution in [2.24, 2.45) is 0 Å². The first-order valence-corrected chi connectivity index (χ1v) is 4.73. The van der Waals surface area contributed by atoms with Crippen LogP contribution in [-0.4, -0.2) is 32.9 Å². The van der Waals surface area contributed by atoms with Crippen LogP contribution in [0.15, 0.2) is 0 Å². The number of nitrogens with zero attached hydrogens (tertiary/aromatic N) is 3. The van der Waals surface area contributed by atoms with E-state index in [-0.39, 0.29) is 6.10 Å². The molecule has 0 amide bonds. The number of hydrogen-bond donors (Lipinski definition) is 2. The Morgan fingerprint density at radius 3 is 2.57 bits per heavy atom. The molecule has 0 aliphatic heterocycles. The molecule has 0 aliphatic carbocycles. The average molecular weight is 196 g/mol. The molecule has 1 aromatic heterocycles. The van der Waals surface area contributed by atoms with Crippen molar-refractivity contribution in [2.45, 2.75) is 33.3 Å². The number of aromatic nitrogens is 3. The molecular formula is C9H16N4O. The highest BCUT2D eigenvalue weighted by molar-refractivity contribution is 5.24. The lowest BCUT2D eigenvalue weighted by Crippen LogP contribution is -2.20. The summed E-state index contributed by atoms with van der Waals surface area (Å²) in [5.41, 5.74) is 1.68. The van der Waals surface area contributed by atoms with Gasteiger partial charge in [0.15, 0.2) is 0 Å². The largest absolute Gasteiger partial charge is 0.391 e. The molecule has 1 unspecified atom stereocenters. The van der Waals surface area contributed by atoms with E-state index in [9.17, 15) is 5.11 Å². The molecular weight excluding hydrogens is 180 g/mol. The Balaban J connectivity index is 2.55. The van der Waals surface area contributed by atoms with Crippen LogP contribution in [0.4, 0.5) is 5.95 Å². The molecule has 2 N–H and O–H groups in total. The van der Waals surface area contributed by atoms with Crippen LogP contribution in [0.25, 0.3) is 0 Å². The van der Waals surface area contributed by atoms with E-state index in [0.717, 1.165) is 11.4 Å². The Kier molecular flexibility index (Phi) is 3.76. The zero-order valence-electron chi connectivity index (χ0n) is 8.78. The normalized spacial score (nSPS) is 12.6. The van der Waals surface area contributed by atoms with Gasteiger partial charge in [-0.05, 0) is 20.3 Å². The average Bonchev–Trinajstić information content (AvgIpc) is 2.19. The third kappa shape index (κ3) is 2.92. The van der Waals surface area contributed by atoms with E-state index in [1.165, 1.54) is 0 Å². The van der Waals surface area contributed by atoms with Gasteiger partial charge in [-0.25, -0.2) is 4.98 Å². The van der Waals surface area contributed by atoms with E-state index in [1.807, 2.05) is 20.8 Å². The molecule has 0 bridgehead atoms. The SMILES string of the molecule is CCC(O)CNc1nnc(C)c(C)n1. The Morgan fingerprint density at radius 1 is 1.29 bits per heavy atom. The number of rotatable bonds is 4. The van der Waals surface area contributed by atoms with Crippen molar-refractivity contribution in [1.82, 2.24) is 15.2 Å². The number of nitrogens with one attached hydrogen (secondary N) is 1. The van der Waals surface area contributed by atoms with Crippen molar-refractivity contribution in [3.05, 3.63) is 11.4 Å². The molecule has 5 nitrogen and oxygen atoms in total. The summed E-state index contributed by atoms with van der Waals surface area (Å²) in [7, 11) is 0. The van der Waals surface area contributed by atoms with E-state index in [0.29, 0.717) is 18.9 Å². The second-order valence-electron chi connectivity index (χ2n) is 3.25. The number of anilines is 1. The maximum Gasteiger partial charge on any atom is 0.243 e. The topological polar surface area (TPSA) is 70.9 Å². The highest BCUT2D eigenvalue weighted by Gasteiger charge is 2.03. The van der Waals surface area contributed by atoms with Gasteiger partial charge in [0.1, 0.15) is 0 Å². The van der Waals surface area contributed by atoms with Crippen molar-refractivity contribution < 1.29 is 5.11 Å². The first-order chi connectivity index (χ1) is 6.63. The maximum atomic E-state index is 9.30. The van der Waals surface area contributed by atoms with Crippen molar-refractivity contribution >= 4 is 5.95 Å². The zero-order chi connectivity index (χ0) is 10.6. The van der Waals surface area contributed by atoms with E-state index in [4.69, 9.17) is 0 Å². The van der Waals surface area contributed by atoms with Gasteiger partial charge in [0.2, 0.25) is 5.95 Å². The quantitative estimate of drug-likeness (QED) is 0.740. The lowest BCUT2D eigenvalue weighted by Gasteiger charge is -2.09. The molecule has 14 heavy (non-hydrogen) atoms. The van der Waals surface area contributed by atoms with E-state index >= 15 is 0 Å². The third-order valence-corrected chi connectivity index (χ3v) is 2.06. The van der Waals surface area contributed by atoms with Crippen molar-refractivity contribution in [3.8, 4) is 0 Å². The molecule has 5 heteroatoms. The number of aliphatic hydroxyl groups excluding tert-OH is 1. The summed E-state index contributed by atoms with van der Waals surface area (Å²) in [5, 5.41) is 20.0. The standard InChI is InChI=1S/C9H16N4O/c1-4-8(14)5-10-9-11-6(2)7(3)12-13-9/h8,14H,4-5H2,1-3H3,(H,10,11,13).